The zero-order valence-corrected chi connectivity index (χ0v) is 22.3. The van der Waals surface area contributed by atoms with Crippen molar-refractivity contribution in [2.24, 2.45) is 0 Å². The maximum Gasteiger partial charge on any atom is 0.318 e. The van der Waals surface area contributed by atoms with Crippen molar-refractivity contribution in [3.63, 3.8) is 0 Å². The number of hydrogen-bond donors (Lipinski definition) is 1. The molecular weight excluding hydrogens is 479 g/mol. The van der Waals surface area contributed by atoms with Crippen LogP contribution in [0.2, 0.25) is 0 Å². The van der Waals surface area contributed by atoms with E-state index in [-0.39, 0.29) is 36.9 Å². The van der Waals surface area contributed by atoms with Crippen molar-refractivity contribution in [2.45, 2.75) is 51.6 Å². The summed E-state index contributed by atoms with van der Waals surface area (Å²) >= 11 is 1.69. The van der Waals surface area contributed by atoms with E-state index in [4.69, 9.17) is 4.74 Å². The predicted molar refractivity (Wildman–Crippen MR) is 140 cm³/mol. The summed E-state index contributed by atoms with van der Waals surface area (Å²) in [5, 5.41) is 5.07. The molecule has 1 aromatic carbocycles. The molecule has 1 unspecified atom stereocenters. The van der Waals surface area contributed by atoms with Crippen molar-refractivity contribution in [3.8, 4) is 5.75 Å². The molecule has 1 saturated heterocycles. The topological polar surface area (TPSA) is 65.1 Å². The molecule has 3 heterocycles. The Morgan fingerprint density at radius 2 is 1.86 bits per heavy atom. The fraction of sp³-hybridized carbons (Fsp3) is 0.556. The first-order chi connectivity index (χ1) is 17.2. The summed E-state index contributed by atoms with van der Waals surface area (Å²) in [6.07, 6.45) is 3.15. The number of fused-ring (bicyclic) bond motifs is 1. The second-order valence-corrected chi connectivity index (χ2v) is 11.6. The van der Waals surface area contributed by atoms with Crippen LogP contribution in [-0.4, -0.2) is 78.1 Å². The maximum atomic E-state index is 13.7. The normalized spacial score (nSPS) is 18.1. The Hall–Kier alpha value is -2.65. The van der Waals surface area contributed by atoms with E-state index in [0.717, 1.165) is 31.6 Å². The van der Waals surface area contributed by atoms with E-state index in [1.165, 1.54) is 29.9 Å². The van der Waals surface area contributed by atoms with Crippen LogP contribution in [0.3, 0.4) is 0 Å². The van der Waals surface area contributed by atoms with E-state index in [2.05, 4.69) is 16.3 Å². The highest BCUT2D eigenvalue weighted by atomic mass is 32.1. The largest absolute Gasteiger partial charge is 0.491 e. The minimum absolute atomic E-state index is 0.0161. The smallest absolute Gasteiger partial charge is 0.318 e. The third-order valence-corrected chi connectivity index (χ3v) is 7.61. The molecule has 9 heteroatoms. The van der Waals surface area contributed by atoms with Crippen molar-refractivity contribution in [3.05, 3.63) is 52.0 Å². The molecule has 2 aliphatic heterocycles. The Bertz CT molecular complexity index is 1030. The van der Waals surface area contributed by atoms with Gasteiger partial charge in [-0.1, -0.05) is 0 Å². The summed E-state index contributed by atoms with van der Waals surface area (Å²) in [7, 11) is 0. The summed E-state index contributed by atoms with van der Waals surface area (Å²) in [4.78, 5) is 33.9. The fourth-order valence-electron chi connectivity index (χ4n) is 4.76. The van der Waals surface area contributed by atoms with Crippen LogP contribution in [-0.2, 0) is 11.2 Å². The molecule has 1 aromatic heterocycles. The summed E-state index contributed by atoms with van der Waals surface area (Å²) < 4.78 is 19.3. The second-order valence-electron chi connectivity index (χ2n) is 10.6. The SMILES string of the molecule is CC(C)(C)NC(=O)N(CCN1CCCC1)CC(=O)N1CCc2sccc2C1COc1ccc(F)cc1. The highest BCUT2D eigenvalue weighted by Gasteiger charge is 2.34. The van der Waals surface area contributed by atoms with E-state index < -0.39 is 5.54 Å². The Morgan fingerprint density at radius 1 is 1.14 bits per heavy atom. The number of benzene rings is 1. The maximum absolute atomic E-state index is 13.7. The standard InChI is InChI=1S/C27H37FN4O3S/c1-27(2,3)29-26(34)31(16-15-30-12-4-5-13-30)18-25(33)32-14-10-24-22(11-17-36-24)23(32)19-35-21-8-6-20(28)7-9-21/h6-9,11,17,23H,4-5,10,12-16,18-19H2,1-3H3,(H,29,34). The van der Waals surface area contributed by atoms with Gasteiger partial charge in [-0.3, -0.25) is 4.79 Å². The first-order valence-corrected chi connectivity index (χ1v) is 13.6. The molecule has 1 fully saturated rings. The fourth-order valence-corrected chi connectivity index (χ4v) is 5.68. The molecule has 1 atom stereocenters. The van der Waals surface area contributed by atoms with Crippen molar-refractivity contribution in [2.75, 3.05) is 45.9 Å². The van der Waals surface area contributed by atoms with Crippen LogP contribution in [0.1, 0.15) is 50.1 Å². The monoisotopic (exact) mass is 516 g/mol. The predicted octanol–water partition coefficient (Wildman–Crippen LogP) is 4.30. The lowest BCUT2D eigenvalue weighted by Gasteiger charge is -2.37. The van der Waals surface area contributed by atoms with Gasteiger partial charge in [-0.25, -0.2) is 9.18 Å². The Kier molecular flexibility index (Phi) is 8.51. The highest BCUT2D eigenvalue weighted by molar-refractivity contribution is 7.10. The molecule has 2 aliphatic rings. The van der Waals surface area contributed by atoms with Gasteiger partial charge in [0.15, 0.2) is 0 Å². The molecule has 0 saturated carbocycles. The highest BCUT2D eigenvalue weighted by Crippen LogP contribution is 2.34. The van der Waals surface area contributed by atoms with Gasteiger partial charge in [-0.15, -0.1) is 11.3 Å². The number of nitrogens with zero attached hydrogens (tertiary/aromatic N) is 3. The average Bonchev–Trinajstić information content (AvgIpc) is 3.52. The quantitative estimate of drug-likeness (QED) is 0.568. The average molecular weight is 517 g/mol. The molecule has 2 aromatic rings. The number of rotatable bonds is 8. The Morgan fingerprint density at radius 3 is 2.56 bits per heavy atom. The van der Waals surface area contributed by atoms with E-state index in [1.54, 1.807) is 28.4 Å². The Balaban J connectivity index is 1.47. The van der Waals surface area contributed by atoms with Gasteiger partial charge in [0.05, 0.1) is 6.04 Å². The van der Waals surface area contributed by atoms with Crippen molar-refractivity contribution in [1.82, 2.24) is 20.0 Å². The molecule has 7 nitrogen and oxygen atoms in total. The third kappa shape index (κ3) is 6.97. The first kappa shape index (κ1) is 26.4. The van der Waals surface area contributed by atoms with E-state index >= 15 is 0 Å². The Labute approximate surface area is 217 Å². The minimum Gasteiger partial charge on any atom is -0.491 e. The van der Waals surface area contributed by atoms with Gasteiger partial charge in [-0.05, 0) is 94.4 Å². The van der Waals surface area contributed by atoms with Crippen molar-refractivity contribution >= 4 is 23.3 Å². The number of urea groups is 1. The molecule has 1 N–H and O–H groups in total. The summed E-state index contributed by atoms with van der Waals surface area (Å²) in [5.74, 6) is 0.146. The first-order valence-electron chi connectivity index (χ1n) is 12.7. The lowest BCUT2D eigenvalue weighted by atomic mass is 10.0. The van der Waals surface area contributed by atoms with Gasteiger partial charge in [0, 0.05) is 30.1 Å². The lowest BCUT2D eigenvalue weighted by molar-refractivity contribution is -0.135. The number of carbonyl (C=O) groups is 2. The van der Waals surface area contributed by atoms with Crippen LogP contribution < -0.4 is 10.1 Å². The summed E-state index contributed by atoms with van der Waals surface area (Å²) in [6, 6.07) is 7.48. The number of ether oxygens (including phenoxy) is 1. The van der Waals surface area contributed by atoms with Gasteiger partial charge < -0.3 is 24.8 Å². The zero-order valence-electron chi connectivity index (χ0n) is 21.5. The zero-order chi connectivity index (χ0) is 25.7. The molecule has 196 valence electrons. The molecule has 4 rings (SSSR count). The van der Waals surface area contributed by atoms with Crippen molar-refractivity contribution < 1.29 is 18.7 Å². The molecule has 0 bridgehead atoms. The van der Waals surface area contributed by atoms with Crippen LogP contribution in [0, 0.1) is 5.82 Å². The summed E-state index contributed by atoms with van der Waals surface area (Å²) in [5.41, 5.74) is 0.693. The van der Waals surface area contributed by atoms with E-state index in [9.17, 15) is 14.0 Å². The second kappa shape index (κ2) is 11.6. The van der Waals surface area contributed by atoms with Crippen LogP contribution in [0.15, 0.2) is 35.7 Å². The molecule has 0 radical (unpaired) electrons. The van der Waals surface area contributed by atoms with Crippen LogP contribution in [0.4, 0.5) is 9.18 Å². The number of halogens is 1. The number of amides is 3. The number of carbonyl (C=O) groups excluding carboxylic acids is 2. The van der Waals surface area contributed by atoms with Gasteiger partial charge in [0.25, 0.3) is 0 Å². The molecule has 36 heavy (non-hydrogen) atoms. The van der Waals surface area contributed by atoms with E-state index in [1.807, 2.05) is 31.1 Å². The van der Waals surface area contributed by atoms with Gasteiger partial charge >= 0.3 is 6.03 Å². The lowest BCUT2D eigenvalue weighted by Crippen LogP contribution is -2.54. The molecule has 0 aliphatic carbocycles. The van der Waals surface area contributed by atoms with E-state index in [0.29, 0.717) is 18.8 Å². The number of thiophene rings is 1. The third-order valence-electron chi connectivity index (χ3n) is 6.62. The van der Waals surface area contributed by atoms with Gasteiger partial charge in [0.1, 0.15) is 24.7 Å². The number of nitrogens with one attached hydrogen (secondary N) is 1. The molecular formula is C27H37FN4O3S. The van der Waals surface area contributed by atoms with Crippen molar-refractivity contribution in [1.29, 1.82) is 0 Å². The van der Waals surface area contributed by atoms with Gasteiger partial charge in [-0.2, -0.15) is 0 Å². The number of hydrogen-bond acceptors (Lipinski definition) is 5. The van der Waals surface area contributed by atoms with Crippen LogP contribution in [0.5, 0.6) is 5.75 Å². The number of likely N-dealkylation sites (tertiary alicyclic amines) is 1. The summed E-state index contributed by atoms with van der Waals surface area (Å²) in [6.45, 7) is 10.0. The van der Waals surface area contributed by atoms with Gasteiger partial charge in [0.2, 0.25) is 5.91 Å². The molecule has 0 spiro atoms. The molecule has 3 amide bonds. The van der Waals surface area contributed by atoms with Crippen LogP contribution in [0.25, 0.3) is 0 Å². The van der Waals surface area contributed by atoms with Crippen LogP contribution >= 0.6 is 11.3 Å². The minimum atomic E-state index is -0.395.